The van der Waals surface area contributed by atoms with E-state index in [1.807, 2.05) is 6.92 Å². The number of fused-ring (bicyclic) bond motifs is 1. The van der Waals surface area contributed by atoms with Crippen LogP contribution >= 0.6 is 23.6 Å². The number of esters is 1. The predicted octanol–water partition coefficient (Wildman–Crippen LogP) is 4.42. The predicted molar refractivity (Wildman–Crippen MR) is 103 cm³/mol. The van der Waals surface area contributed by atoms with Crippen molar-refractivity contribution in [1.29, 1.82) is 0 Å². The molecule has 24 heavy (non-hydrogen) atoms. The topological polar surface area (TPSA) is 50.4 Å². The first-order chi connectivity index (χ1) is 11.7. The first kappa shape index (κ1) is 17.7. The Morgan fingerprint density at radius 3 is 2.71 bits per heavy atom. The number of ether oxygens (including phenoxy) is 1. The molecule has 1 saturated carbocycles. The summed E-state index contributed by atoms with van der Waals surface area (Å²) < 4.78 is 5.29. The van der Waals surface area contributed by atoms with E-state index in [1.165, 1.54) is 49.0 Å². The van der Waals surface area contributed by atoms with Gasteiger partial charge in [-0.25, -0.2) is 4.79 Å². The van der Waals surface area contributed by atoms with Gasteiger partial charge in [0, 0.05) is 10.9 Å². The van der Waals surface area contributed by atoms with Gasteiger partial charge in [-0.1, -0.05) is 19.3 Å². The lowest BCUT2D eigenvalue weighted by Crippen LogP contribution is -2.38. The van der Waals surface area contributed by atoms with Crippen LogP contribution in [0.25, 0.3) is 0 Å². The van der Waals surface area contributed by atoms with E-state index in [9.17, 15) is 4.79 Å². The minimum absolute atomic E-state index is 0.222. The molecule has 4 nitrogen and oxygen atoms in total. The number of hydrogen-bond donors (Lipinski definition) is 2. The van der Waals surface area contributed by atoms with Crippen LogP contribution in [-0.2, 0) is 17.6 Å². The van der Waals surface area contributed by atoms with Gasteiger partial charge in [0.1, 0.15) is 5.00 Å². The first-order valence-electron chi connectivity index (χ1n) is 9.08. The van der Waals surface area contributed by atoms with Gasteiger partial charge < -0.3 is 15.4 Å². The summed E-state index contributed by atoms with van der Waals surface area (Å²) in [7, 11) is 0. The van der Waals surface area contributed by atoms with Gasteiger partial charge >= 0.3 is 5.97 Å². The van der Waals surface area contributed by atoms with Crippen molar-refractivity contribution < 1.29 is 9.53 Å². The molecule has 0 saturated heterocycles. The smallest absolute Gasteiger partial charge is 0.341 e. The highest BCUT2D eigenvalue weighted by Gasteiger charge is 2.27. The molecule has 3 rings (SSSR count). The number of thiocarbonyl (C=S) groups is 1. The van der Waals surface area contributed by atoms with Crippen LogP contribution in [0.3, 0.4) is 0 Å². The molecule has 1 heterocycles. The third-order valence-corrected chi connectivity index (χ3v) is 6.25. The summed E-state index contributed by atoms with van der Waals surface area (Å²) >= 11 is 7.17. The van der Waals surface area contributed by atoms with Crippen molar-refractivity contribution >= 4 is 39.6 Å². The largest absolute Gasteiger partial charge is 0.462 e. The molecule has 2 aliphatic rings. The molecule has 1 fully saturated rings. The maximum atomic E-state index is 12.5. The van der Waals surface area contributed by atoms with Crippen molar-refractivity contribution in [2.75, 3.05) is 11.9 Å². The van der Waals surface area contributed by atoms with Crippen molar-refractivity contribution in [2.45, 2.75) is 70.8 Å². The Labute approximate surface area is 153 Å². The summed E-state index contributed by atoms with van der Waals surface area (Å²) in [6.45, 7) is 2.24. The van der Waals surface area contributed by atoms with Gasteiger partial charge in [-0.15, -0.1) is 11.3 Å². The third kappa shape index (κ3) is 4.09. The summed E-state index contributed by atoms with van der Waals surface area (Å²) in [4.78, 5) is 13.8. The fourth-order valence-electron chi connectivity index (χ4n) is 3.64. The Kier molecular flexibility index (Phi) is 6.11. The molecule has 0 unspecified atom stereocenters. The molecule has 0 atom stereocenters. The number of thiophene rings is 1. The van der Waals surface area contributed by atoms with Crippen molar-refractivity contribution in [1.82, 2.24) is 5.32 Å². The monoisotopic (exact) mass is 366 g/mol. The minimum atomic E-state index is -0.222. The normalized spacial score (nSPS) is 17.9. The van der Waals surface area contributed by atoms with Gasteiger partial charge in [0.25, 0.3) is 0 Å². The maximum absolute atomic E-state index is 12.5. The summed E-state index contributed by atoms with van der Waals surface area (Å²) in [6.07, 6.45) is 10.6. The molecular formula is C18H26N2O2S2. The Bertz CT molecular complexity index is 606. The Hall–Kier alpha value is -1.14. The molecular weight excluding hydrogens is 340 g/mol. The van der Waals surface area contributed by atoms with E-state index in [2.05, 4.69) is 10.6 Å². The second-order valence-corrected chi connectivity index (χ2v) is 8.08. The molecule has 0 aliphatic heterocycles. The molecule has 1 aromatic heterocycles. The minimum Gasteiger partial charge on any atom is -0.462 e. The van der Waals surface area contributed by atoms with Gasteiger partial charge in [-0.2, -0.15) is 0 Å². The molecule has 0 bridgehead atoms. The van der Waals surface area contributed by atoms with Crippen LogP contribution in [0.15, 0.2) is 0 Å². The lowest BCUT2D eigenvalue weighted by molar-refractivity contribution is 0.0526. The van der Waals surface area contributed by atoms with E-state index < -0.39 is 0 Å². The van der Waals surface area contributed by atoms with Crippen LogP contribution in [0.2, 0.25) is 0 Å². The molecule has 2 aliphatic carbocycles. The molecule has 0 amide bonds. The second-order valence-electron chi connectivity index (χ2n) is 6.57. The van der Waals surface area contributed by atoms with Gasteiger partial charge in [0.05, 0.1) is 12.2 Å². The standard InChI is InChI=1S/C18H26N2O2S2/c1-2-22-17(21)15-13-10-6-7-11-14(13)24-16(15)20-18(23)19-12-8-4-3-5-9-12/h12H,2-11H2,1H3,(H2,19,20,23). The SMILES string of the molecule is CCOC(=O)c1c(NC(=S)NC2CCCCC2)sc2c1CCCC2. The zero-order chi connectivity index (χ0) is 16.9. The third-order valence-electron chi connectivity index (χ3n) is 4.82. The zero-order valence-electron chi connectivity index (χ0n) is 14.3. The number of aryl methyl sites for hydroxylation is 1. The summed E-state index contributed by atoms with van der Waals surface area (Å²) in [5, 5.41) is 8.20. The van der Waals surface area contributed by atoms with Gasteiger partial charge in [-0.3, -0.25) is 0 Å². The number of carbonyl (C=O) groups excluding carboxylic acids is 1. The average molecular weight is 367 g/mol. The average Bonchev–Trinajstić information content (AvgIpc) is 2.93. The van der Waals surface area contributed by atoms with E-state index in [4.69, 9.17) is 17.0 Å². The van der Waals surface area contributed by atoms with E-state index >= 15 is 0 Å². The van der Waals surface area contributed by atoms with Crippen LogP contribution in [0.1, 0.15) is 72.7 Å². The van der Waals surface area contributed by atoms with Gasteiger partial charge in [0.2, 0.25) is 0 Å². The van der Waals surface area contributed by atoms with E-state index in [0.717, 1.165) is 24.3 Å². The van der Waals surface area contributed by atoms with E-state index in [1.54, 1.807) is 11.3 Å². The Morgan fingerprint density at radius 2 is 1.96 bits per heavy atom. The van der Waals surface area contributed by atoms with Gasteiger partial charge in [-0.05, 0) is 63.2 Å². The zero-order valence-corrected chi connectivity index (χ0v) is 15.9. The molecule has 2 N–H and O–H groups in total. The number of carbonyl (C=O) groups is 1. The summed E-state index contributed by atoms with van der Waals surface area (Å²) in [6, 6.07) is 0.458. The Morgan fingerprint density at radius 1 is 1.21 bits per heavy atom. The number of anilines is 1. The van der Waals surface area contributed by atoms with Crippen molar-refractivity contribution in [3.8, 4) is 0 Å². The highest BCUT2D eigenvalue weighted by molar-refractivity contribution is 7.80. The van der Waals surface area contributed by atoms with Crippen molar-refractivity contribution in [2.24, 2.45) is 0 Å². The van der Waals surface area contributed by atoms with Crippen LogP contribution in [0.4, 0.5) is 5.00 Å². The Balaban J connectivity index is 1.75. The highest BCUT2D eigenvalue weighted by Crippen LogP contribution is 2.38. The molecule has 6 heteroatoms. The van der Waals surface area contributed by atoms with Crippen LogP contribution in [0, 0.1) is 0 Å². The summed E-state index contributed by atoms with van der Waals surface area (Å²) in [5.74, 6) is -0.222. The maximum Gasteiger partial charge on any atom is 0.341 e. The van der Waals surface area contributed by atoms with Crippen LogP contribution in [0.5, 0.6) is 0 Å². The lowest BCUT2D eigenvalue weighted by Gasteiger charge is -2.24. The fourth-order valence-corrected chi connectivity index (χ4v) is 5.26. The molecule has 132 valence electrons. The van der Waals surface area contributed by atoms with Crippen molar-refractivity contribution in [3.63, 3.8) is 0 Å². The number of rotatable bonds is 4. The summed E-state index contributed by atoms with van der Waals surface area (Å²) in [5.41, 5.74) is 1.89. The van der Waals surface area contributed by atoms with Crippen molar-refractivity contribution in [3.05, 3.63) is 16.0 Å². The van der Waals surface area contributed by atoms with E-state index in [0.29, 0.717) is 23.3 Å². The number of hydrogen-bond acceptors (Lipinski definition) is 4. The second kappa shape index (κ2) is 8.30. The van der Waals surface area contributed by atoms with Gasteiger partial charge in [0.15, 0.2) is 5.11 Å². The lowest BCUT2D eigenvalue weighted by atomic mass is 9.95. The molecule has 0 spiro atoms. The van der Waals surface area contributed by atoms with Crippen LogP contribution < -0.4 is 10.6 Å². The molecule has 0 aromatic carbocycles. The number of nitrogens with one attached hydrogen (secondary N) is 2. The first-order valence-corrected chi connectivity index (χ1v) is 10.3. The van der Waals surface area contributed by atoms with E-state index in [-0.39, 0.29) is 5.97 Å². The van der Waals surface area contributed by atoms with Crippen LogP contribution in [-0.4, -0.2) is 23.7 Å². The highest BCUT2D eigenvalue weighted by atomic mass is 32.1. The molecule has 0 radical (unpaired) electrons. The quantitative estimate of drug-likeness (QED) is 0.610. The fraction of sp³-hybridized carbons (Fsp3) is 0.667. The molecule has 1 aromatic rings.